The van der Waals surface area contributed by atoms with Crippen molar-refractivity contribution in [2.24, 2.45) is 0 Å². The van der Waals surface area contributed by atoms with Crippen LogP contribution in [0.1, 0.15) is 12.8 Å². The minimum absolute atomic E-state index is 0.0166. The molecule has 5 nitrogen and oxygen atoms in total. The molecule has 0 aromatic heterocycles. The molecule has 0 spiro atoms. The Balaban J connectivity index is 1.75. The Morgan fingerprint density at radius 2 is 1.33 bits per heavy atom. The third kappa shape index (κ3) is 8.17. The fraction of sp³-hybridized carbons (Fsp3) is 1.00. The molecular formula is C20H25F13O5S. The van der Waals surface area contributed by atoms with Crippen molar-refractivity contribution in [1.29, 1.82) is 0 Å². The van der Waals surface area contributed by atoms with E-state index in [2.05, 4.69) is 0 Å². The van der Waals surface area contributed by atoms with Crippen molar-refractivity contribution in [3.05, 3.63) is 0 Å². The lowest BCUT2D eigenvalue weighted by molar-refractivity contribution is -0.439. The lowest BCUT2D eigenvalue weighted by atomic mass is 9.93. The Bertz CT molecular complexity index is 761. The van der Waals surface area contributed by atoms with Gasteiger partial charge in [-0.05, 0) is 17.9 Å². The number of alkyl halides is 13. The highest BCUT2D eigenvalue weighted by molar-refractivity contribution is 7.99. The fourth-order valence-electron chi connectivity index (χ4n) is 2.84. The first-order chi connectivity index (χ1) is 17.8. The molecule has 2 aliphatic heterocycles. The predicted molar refractivity (Wildman–Crippen MR) is 108 cm³/mol. The molecule has 19 heteroatoms. The molecule has 2 saturated heterocycles. The first kappa shape index (κ1) is 34.4. The Labute approximate surface area is 218 Å². The molecule has 0 aromatic carbocycles. The largest absolute Gasteiger partial charge is 0.460 e. The van der Waals surface area contributed by atoms with E-state index in [1.807, 2.05) is 0 Å². The summed E-state index contributed by atoms with van der Waals surface area (Å²) in [6.07, 6.45) is -10.1. The van der Waals surface area contributed by atoms with Gasteiger partial charge in [-0.3, -0.25) is 0 Å². The lowest BCUT2D eigenvalue weighted by Gasteiger charge is -2.39. The van der Waals surface area contributed by atoms with Crippen LogP contribution in [0.4, 0.5) is 57.1 Å². The number of halogens is 13. The zero-order chi connectivity index (χ0) is 29.8. The van der Waals surface area contributed by atoms with Crippen LogP contribution in [-0.2, 0) is 23.7 Å². The number of ether oxygens (including phenoxy) is 5. The predicted octanol–water partition coefficient (Wildman–Crippen LogP) is 5.45. The van der Waals surface area contributed by atoms with Gasteiger partial charge in [-0.2, -0.15) is 68.8 Å². The average Bonchev–Trinajstić information content (AvgIpc) is 3.60. The van der Waals surface area contributed by atoms with Crippen molar-refractivity contribution >= 4 is 11.8 Å². The first-order valence-corrected chi connectivity index (χ1v) is 12.5. The molecule has 0 saturated carbocycles. The molecule has 2 atom stereocenters. The van der Waals surface area contributed by atoms with E-state index >= 15 is 0 Å². The average molecular weight is 624 g/mol. The smallest absolute Gasteiger partial charge is 0.379 e. The summed E-state index contributed by atoms with van der Waals surface area (Å²) < 4.78 is 197. The highest BCUT2D eigenvalue weighted by Gasteiger charge is 2.90. The number of thioether (sulfide) groups is 1. The van der Waals surface area contributed by atoms with E-state index in [-0.39, 0.29) is 44.2 Å². The number of hydrogen-bond donors (Lipinski definition) is 0. The normalized spacial score (nSPS) is 20.7. The van der Waals surface area contributed by atoms with Crippen LogP contribution in [0.2, 0.25) is 0 Å². The summed E-state index contributed by atoms with van der Waals surface area (Å²) in [6, 6.07) is 0. The van der Waals surface area contributed by atoms with Gasteiger partial charge in [0.15, 0.2) is 0 Å². The van der Waals surface area contributed by atoms with Gasteiger partial charge in [0.1, 0.15) is 18.3 Å². The molecule has 0 bridgehead atoms. The Kier molecular flexibility index (Phi) is 11.5. The number of epoxide rings is 1. The van der Waals surface area contributed by atoms with Crippen LogP contribution in [0.15, 0.2) is 0 Å². The summed E-state index contributed by atoms with van der Waals surface area (Å²) >= 11 is 0.490. The van der Waals surface area contributed by atoms with E-state index < -0.39 is 54.1 Å². The summed E-state index contributed by atoms with van der Waals surface area (Å²) in [5.74, 6) is -37.7. The molecule has 2 fully saturated rings. The molecule has 2 aliphatic rings. The Morgan fingerprint density at radius 1 is 0.744 bits per heavy atom. The Hall–Kier alpha value is -0.760. The van der Waals surface area contributed by atoms with Gasteiger partial charge >= 0.3 is 35.8 Å². The first-order valence-electron chi connectivity index (χ1n) is 11.3. The molecule has 0 aromatic rings. The van der Waals surface area contributed by atoms with Crippen LogP contribution >= 0.6 is 11.8 Å². The molecule has 232 valence electrons. The molecule has 0 amide bonds. The summed E-state index contributed by atoms with van der Waals surface area (Å²) in [5, 5.41) is 0. The van der Waals surface area contributed by atoms with E-state index in [1.165, 1.54) is 0 Å². The van der Waals surface area contributed by atoms with Gasteiger partial charge in [0.2, 0.25) is 0 Å². The summed E-state index contributed by atoms with van der Waals surface area (Å²) in [5.41, 5.74) is 0. The second-order valence-electron chi connectivity index (χ2n) is 8.69. The number of rotatable bonds is 19. The number of hydrogen-bond acceptors (Lipinski definition) is 6. The van der Waals surface area contributed by atoms with E-state index in [9.17, 15) is 57.1 Å². The lowest BCUT2D eigenvalue weighted by Crippen LogP contribution is -2.70. The van der Waals surface area contributed by atoms with Gasteiger partial charge < -0.3 is 23.7 Å². The minimum Gasteiger partial charge on any atom is -0.379 e. The van der Waals surface area contributed by atoms with Crippen LogP contribution in [-0.4, -0.2) is 112 Å². The maximum Gasteiger partial charge on any atom is 0.460 e. The SMILES string of the molecule is FC(F)(F)C(F)(F)C(F)(F)C(F)(F)C(F)(F)C(F)(F)CCSCCCOCC(COC1COC1)OCC1CO1. The highest BCUT2D eigenvalue weighted by Crippen LogP contribution is 2.60. The van der Waals surface area contributed by atoms with Gasteiger partial charge in [-0.25, -0.2) is 0 Å². The van der Waals surface area contributed by atoms with Crippen molar-refractivity contribution < 1.29 is 80.8 Å². The molecule has 0 N–H and O–H groups in total. The quantitative estimate of drug-likeness (QED) is 0.108. The van der Waals surface area contributed by atoms with Crippen molar-refractivity contribution in [3.63, 3.8) is 0 Å². The van der Waals surface area contributed by atoms with Crippen LogP contribution in [0, 0.1) is 0 Å². The zero-order valence-corrected chi connectivity index (χ0v) is 20.7. The van der Waals surface area contributed by atoms with Crippen molar-refractivity contribution in [3.8, 4) is 0 Å². The minimum atomic E-state index is -7.88. The fourth-order valence-corrected chi connectivity index (χ4v) is 3.77. The van der Waals surface area contributed by atoms with Gasteiger partial charge in [-0.1, -0.05) is 0 Å². The second-order valence-corrected chi connectivity index (χ2v) is 9.92. The van der Waals surface area contributed by atoms with Gasteiger partial charge in [-0.15, -0.1) is 0 Å². The topological polar surface area (TPSA) is 49.5 Å². The third-order valence-electron chi connectivity index (χ3n) is 5.49. The molecular weight excluding hydrogens is 599 g/mol. The van der Waals surface area contributed by atoms with Crippen molar-refractivity contribution in [2.45, 2.75) is 66.9 Å². The van der Waals surface area contributed by atoms with E-state index in [1.54, 1.807) is 0 Å². The van der Waals surface area contributed by atoms with E-state index in [0.29, 0.717) is 38.2 Å². The van der Waals surface area contributed by atoms with Crippen molar-refractivity contribution in [2.75, 3.05) is 57.8 Å². The summed E-state index contributed by atoms with van der Waals surface area (Å²) in [6.45, 7) is 1.96. The second kappa shape index (κ2) is 13.0. The molecule has 39 heavy (non-hydrogen) atoms. The van der Waals surface area contributed by atoms with Gasteiger partial charge in [0, 0.05) is 13.0 Å². The third-order valence-corrected chi connectivity index (χ3v) is 6.56. The molecule has 2 unspecified atom stereocenters. The van der Waals surface area contributed by atoms with Crippen LogP contribution in [0.3, 0.4) is 0 Å². The Morgan fingerprint density at radius 3 is 1.85 bits per heavy atom. The van der Waals surface area contributed by atoms with Gasteiger partial charge in [0.25, 0.3) is 0 Å². The van der Waals surface area contributed by atoms with Gasteiger partial charge in [0.05, 0.1) is 39.6 Å². The molecule has 0 radical (unpaired) electrons. The van der Waals surface area contributed by atoms with Crippen molar-refractivity contribution in [1.82, 2.24) is 0 Å². The van der Waals surface area contributed by atoms with Crippen LogP contribution in [0.25, 0.3) is 0 Å². The standard InChI is InChI=1S/C20H25F13O5S/c21-15(22,16(23,24)17(25,26)18(27,28)19(29,30)20(31,32)33)2-5-39-4-1-3-34-6-13(37-10-14-11-38-14)9-36-12-7-35-8-12/h12-14H,1-11H2. The van der Waals surface area contributed by atoms with E-state index in [4.69, 9.17) is 23.7 Å². The molecule has 2 heterocycles. The van der Waals surface area contributed by atoms with E-state index in [0.717, 1.165) is 0 Å². The molecule has 0 aliphatic carbocycles. The molecule has 2 rings (SSSR count). The monoisotopic (exact) mass is 624 g/mol. The summed E-state index contributed by atoms with van der Waals surface area (Å²) in [4.78, 5) is 0. The summed E-state index contributed by atoms with van der Waals surface area (Å²) in [7, 11) is 0. The maximum absolute atomic E-state index is 13.8. The highest BCUT2D eigenvalue weighted by atomic mass is 32.2. The van der Waals surface area contributed by atoms with Crippen LogP contribution < -0.4 is 0 Å². The van der Waals surface area contributed by atoms with Crippen LogP contribution in [0.5, 0.6) is 0 Å². The zero-order valence-electron chi connectivity index (χ0n) is 19.9. The maximum atomic E-state index is 13.8.